The second-order valence-electron chi connectivity index (χ2n) is 7.73. The molecular formula is C28H20Na2O6S2. The molecule has 0 N–H and O–H groups in total. The van der Waals surface area contributed by atoms with E-state index in [0.717, 1.165) is 44.8 Å². The molecule has 4 aromatic rings. The Morgan fingerprint density at radius 2 is 1.11 bits per heavy atom. The van der Waals surface area contributed by atoms with Gasteiger partial charge in [-0.2, -0.15) is 4.33 Å². The Hall–Kier alpha value is -1.50. The summed E-state index contributed by atoms with van der Waals surface area (Å²) in [6.07, 6.45) is 7.60. The van der Waals surface area contributed by atoms with Gasteiger partial charge in [0.05, 0.1) is 16.9 Å². The van der Waals surface area contributed by atoms with E-state index < -0.39 is 10.1 Å². The minimum absolute atomic E-state index is 0. The van der Waals surface area contributed by atoms with E-state index in [0.29, 0.717) is 5.56 Å². The fourth-order valence-corrected chi connectivity index (χ4v) is 4.41. The van der Waals surface area contributed by atoms with Crippen molar-refractivity contribution in [2.45, 2.75) is 9.79 Å². The van der Waals surface area contributed by atoms with Crippen LogP contribution in [0.15, 0.2) is 107 Å². The van der Waals surface area contributed by atoms with Crippen molar-refractivity contribution < 1.29 is 86.7 Å². The molecule has 0 aliphatic carbocycles. The van der Waals surface area contributed by atoms with Crippen LogP contribution in [0.3, 0.4) is 0 Å². The summed E-state index contributed by atoms with van der Waals surface area (Å²) in [5, 5.41) is 13.4. The molecule has 0 aliphatic rings. The van der Waals surface area contributed by atoms with E-state index in [1.165, 1.54) is 12.1 Å². The molecule has 0 atom stereocenters. The molecule has 0 unspecified atom stereocenters. The fourth-order valence-electron chi connectivity index (χ4n) is 3.46. The number of benzene rings is 4. The third-order valence-corrected chi connectivity index (χ3v) is 6.66. The summed E-state index contributed by atoms with van der Waals surface area (Å²) in [5.41, 5.74) is 5.72. The van der Waals surface area contributed by atoms with Crippen LogP contribution in [0, 0.1) is 0 Å². The predicted molar refractivity (Wildman–Crippen MR) is 139 cm³/mol. The SMILES string of the molecule is O=S(=O)([O-])c1cccc(/C=C/c2ccc(-c3ccc(/C=C/c4cccc(SOO[O-])c4)cc3)cc2)c1.[Na+].[Na+]. The molecule has 0 bridgehead atoms. The van der Waals surface area contributed by atoms with Crippen molar-refractivity contribution in [1.29, 1.82) is 0 Å². The van der Waals surface area contributed by atoms with Crippen LogP contribution in [0.25, 0.3) is 35.4 Å². The van der Waals surface area contributed by atoms with Crippen LogP contribution in [0.1, 0.15) is 22.3 Å². The standard InChI is InChI=1S/C28H22O6S2.2Na/c29-33-34-35-27-5-1-3-23(19-27)9-7-21-11-15-25(16-12-21)26-17-13-22(14-18-26)8-10-24-4-2-6-28(20-24)36(30,31)32;;/h1-20,29H,(H,30,31,32);;/q;2*+1/p-2/b9-7+,10-8+;;. The molecule has 0 amide bonds. The van der Waals surface area contributed by atoms with E-state index in [2.05, 4.69) is 9.37 Å². The van der Waals surface area contributed by atoms with Crippen LogP contribution in [0.4, 0.5) is 0 Å². The summed E-state index contributed by atoms with van der Waals surface area (Å²) < 4.78 is 37.9. The van der Waals surface area contributed by atoms with Gasteiger partial charge in [-0.1, -0.05) is 97.1 Å². The minimum Gasteiger partial charge on any atom is -0.744 e. The van der Waals surface area contributed by atoms with Gasteiger partial charge in [-0.15, -0.1) is 0 Å². The Bertz CT molecular complexity index is 1490. The van der Waals surface area contributed by atoms with Crippen LogP contribution in [-0.4, -0.2) is 13.0 Å². The first-order chi connectivity index (χ1) is 17.4. The average Bonchev–Trinajstić information content (AvgIpc) is 2.90. The van der Waals surface area contributed by atoms with Crippen LogP contribution >= 0.6 is 12.0 Å². The van der Waals surface area contributed by atoms with Crippen molar-refractivity contribution in [1.82, 2.24) is 0 Å². The topological polar surface area (TPSA) is 98.7 Å². The Morgan fingerprint density at radius 1 is 0.632 bits per heavy atom. The number of rotatable bonds is 9. The van der Waals surface area contributed by atoms with Crippen molar-refractivity contribution in [3.8, 4) is 11.1 Å². The minimum atomic E-state index is -4.48. The quantitative estimate of drug-likeness (QED) is 0.0698. The normalized spacial score (nSPS) is 11.3. The van der Waals surface area contributed by atoms with Gasteiger partial charge in [-0.05, 0) is 57.6 Å². The van der Waals surface area contributed by atoms with Crippen LogP contribution in [-0.2, 0) is 19.5 Å². The molecule has 0 saturated carbocycles. The number of hydrogen-bond acceptors (Lipinski definition) is 7. The van der Waals surface area contributed by atoms with Crippen LogP contribution < -0.4 is 64.4 Å². The summed E-state index contributed by atoms with van der Waals surface area (Å²) in [7, 11) is -4.48. The molecule has 0 aliphatic heterocycles. The zero-order valence-electron chi connectivity index (χ0n) is 20.8. The van der Waals surface area contributed by atoms with E-state index in [-0.39, 0.29) is 64.0 Å². The molecule has 0 saturated heterocycles. The van der Waals surface area contributed by atoms with Crippen LogP contribution in [0.2, 0.25) is 0 Å². The summed E-state index contributed by atoms with van der Waals surface area (Å²) in [6, 6.07) is 29.6. The summed E-state index contributed by atoms with van der Waals surface area (Å²) >= 11 is 0.854. The monoisotopic (exact) mass is 562 g/mol. The Labute approximate surface area is 270 Å². The molecule has 0 radical (unpaired) electrons. The van der Waals surface area contributed by atoms with E-state index in [4.69, 9.17) is 0 Å². The Balaban J connectivity index is 0.00000253. The van der Waals surface area contributed by atoms with Gasteiger partial charge in [0.1, 0.15) is 10.1 Å². The predicted octanol–water partition coefficient (Wildman–Crippen LogP) is -0.163. The largest absolute Gasteiger partial charge is 1.00 e. The molecule has 0 fully saturated rings. The number of hydrogen-bond donors (Lipinski definition) is 0. The first-order valence-corrected chi connectivity index (χ1v) is 12.9. The molecule has 10 heteroatoms. The summed E-state index contributed by atoms with van der Waals surface area (Å²) in [5.74, 6) is 0. The van der Waals surface area contributed by atoms with Crippen molar-refractivity contribution in [3.05, 3.63) is 119 Å². The van der Waals surface area contributed by atoms with Gasteiger partial charge in [-0.25, -0.2) is 8.42 Å². The van der Waals surface area contributed by atoms with Gasteiger partial charge in [0.2, 0.25) is 0 Å². The van der Waals surface area contributed by atoms with E-state index >= 15 is 0 Å². The van der Waals surface area contributed by atoms with Gasteiger partial charge in [0.15, 0.2) is 0 Å². The van der Waals surface area contributed by atoms with Gasteiger partial charge in [-0.3, -0.25) is 5.04 Å². The average molecular weight is 563 g/mol. The maximum absolute atomic E-state index is 11.2. The van der Waals surface area contributed by atoms with Gasteiger partial charge in [0, 0.05) is 4.90 Å². The molecule has 182 valence electrons. The molecule has 38 heavy (non-hydrogen) atoms. The van der Waals surface area contributed by atoms with E-state index in [1.807, 2.05) is 91.0 Å². The van der Waals surface area contributed by atoms with Gasteiger partial charge >= 0.3 is 59.1 Å². The molecule has 0 aromatic heterocycles. The van der Waals surface area contributed by atoms with Crippen molar-refractivity contribution in [3.63, 3.8) is 0 Å². The summed E-state index contributed by atoms with van der Waals surface area (Å²) in [6.45, 7) is 0. The van der Waals surface area contributed by atoms with E-state index in [9.17, 15) is 18.2 Å². The van der Waals surface area contributed by atoms with Crippen molar-refractivity contribution in [2.75, 3.05) is 0 Å². The Morgan fingerprint density at radius 3 is 1.61 bits per heavy atom. The molecule has 0 heterocycles. The zero-order valence-corrected chi connectivity index (χ0v) is 26.4. The van der Waals surface area contributed by atoms with Crippen molar-refractivity contribution in [2.24, 2.45) is 0 Å². The molecule has 4 rings (SSSR count). The maximum atomic E-state index is 11.2. The maximum Gasteiger partial charge on any atom is 1.00 e. The molecule has 6 nitrogen and oxygen atoms in total. The third-order valence-electron chi connectivity index (χ3n) is 5.25. The van der Waals surface area contributed by atoms with E-state index in [1.54, 1.807) is 18.2 Å². The zero-order chi connectivity index (χ0) is 25.4. The smallest absolute Gasteiger partial charge is 0.744 e. The Kier molecular flexibility index (Phi) is 13.7. The second kappa shape index (κ2) is 15.9. The van der Waals surface area contributed by atoms with Gasteiger partial charge < -0.3 is 9.81 Å². The third kappa shape index (κ3) is 9.91. The van der Waals surface area contributed by atoms with Gasteiger partial charge in [0.25, 0.3) is 0 Å². The first kappa shape index (κ1) is 32.7. The molecular weight excluding hydrogens is 542 g/mol. The van der Waals surface area contributed by atoms with Crippen molar-refractivity contribution >= 4 is 46.5 Å². The molecule has 4 aromatic carbocycles. The first-order valence-electron chi connectivity index (χ1n) is 10.8. The fraction of sp³-hybridized carbons (Fsp3) is 0. The van der Waals surface area contributed by atoms with Crippen LogP contribution in [0.5, 0.6) is 0 Å². The summed E-state index contributed by atoms with van der Waals surface area (Å²) in [4.78, 5) is 0.511. The molecule has 0 spiro atoms. The second-order valence-corrected chi connectivity index (χ2v) is 9.88.